The molecule has 1 aromatic carbocycles. The molecule has 132 valence electrons. The van der Waals surface area contributed by atoms with Gasteiger partial charge in [-0.25, -0.2) is 4.79 Å². The van der Waals surface area contributed by atoms with E-state index in [0.29, 0.717) is 12.3 Å². The lowest BCUT2D eigenvalue weighted by Crippen LogP contribution is -3.06. The Morgan fingerprint density at radius 1 is 1.09 bits per heavy atom. The van der Waals surface area contributed by atoms with E-state index in [4.69, 9.17) is 9.47 Å². The van der Waals surface area contributed by atoms with Gasteiger partial charge in [0.2, 0.25) is 0 Å². The number of anilines is 1. The molecule has 0 aliphatic heterocycles. The molecule has 0 bridgehead atoms. The molecule has 0 aliphatic rings. The van der Waals surface area contributed by atoms with Gasteiger partial charge in [-0.05, 0) is 30.7 Å². The number of ether oxygens (including phenoxy) is 2. The highest BCUT2D eigenvalue weighted by atomic mass is 35.5. The Labute approximate surface area is 145 Å². The molecule has 1 aromatic rings. The quantitative estimate of drug-likeness (QED) is 0.554. The van der Waals surface area contributed by atoms with Crippen LogP contribution in [0.2, 0.25) is 0 Å². The molecule has 23 heavy (non-hydrogen) atoms. The number of halogens is 1. The van der Waals surface area contributed by atoms with E-state index in [1.807, 2.05) is 38.4 Å². The van der Waals surface area contributed by atoms with E-state index in [-0.39, 0.29) is 12.4 Å². The van der Waals surface area contributed by atoms with Gasteiger partial charge in [0.05, 0.1) is 20.7 Å². The van der Waals surface area contributed by atoms with Crippen molar-refractivity contribution in [3.05, 3.63) is 24.3 Å². The molecule has 0 unspecified atom stereocenters. The lowest BCUT2D eigenvalue weighted by Gasteiger charge is -2.10. The van der Waals surface area contributed by atoms with Crippen molar-refractivity contribution in [2.24, 2.45) is 0 Å². The first-order valence-corrected chi connectivity index (χ1v) is 8.07. The Kier molecular flexibility index (Phi) is 12.2. The molecule has 1 rings (SSSR count). The Bertz CT molecular complexity index is 424. The highest BCUT2D eigenvalue weighted by molar-refractivity contribution is 5.84. The summed E-state index contributed by atoms with van der Waals surface area (Å²) in [7, 11) is 4.03. The summed E-state index contributed by atoms with van der Waals surface area (Å²) < 4.78 is 10.7. The molecular formula is C17H29ClN2O3. The number of quaternary nitrogens is 1. The Hall–Kier alpha value is -1.46. The van der Waals surface area contributed by atoms with Crippen molar-refractivity contribution in [3.63, 3.8) is 0 Å². The Morgan fingerprint density at radius 2 is 1.78 bits per heavy atom. The molecule has 0 heterocycles. The second kappa shape index (κ2) is 13.0. The van der Waals surface area contributed by atoms with Crippen LogP contribution < -0.4 is 27.4 Å². The summed E-state index contributed by atoms with van der Waals surface area (Å²) >= 11 is 0. The molecule has 0 saturated carbocycles. The molecule has 0 atom stereocenters. The number of benzene rings is 1. The van der Waals surface area contributed by atoms with E-state index in [9.17, 15) is 4.79 Å². The maximum atomic E-state index is 11.6. The molecule has 1 amide bonds. The average molecular weight is 345 g/mol. The lowest BCUT2D eigenvalue weighted by atomic mass is 10.2. The van der Waals surface area contributed by atoms with Gasteiger partial charge in [0.25, 0.3) is 0 Å². The van der Waals surface area contributed by atoms with Gasteiger partial charge < -0.3 is 26.8 Å². The van der Waals surface area contributed by atoms with Crippen LogP contribution in [-0.4, -0.2) is 39.9 Å². The van der Waals surface area contributed by atoms with Crippen molar-refractivity contribution < 1.29 is 31.6 Å². The predicted octanol–water partition coefficient (Wildman–Crippen LogP) is -0.657. The number of unbranched alkanes of at least 4 members (excludes halogenated alkanes) is 3. The number of nitrogens with one attached hydrogen (secondary N) is 2. The van der Waals surface area contributed by atoms with Gasteiger partial charge in [0.15, 0.2) is 0 Å². The smallest absolute Gasteiger partial charge is 0.411 e. The van der Waals surface area contributed by atoms with E-state index < -0.39 is 6.09 Å². The van der Waals surface area contributed by atoms with Crippen LogP contribution in [0.1, 0.15) is 32.6 Å². The number of amides is 1. The topological polar surface area (TPSA) is 52.0 Å². The monoisotopic (exact) mass is 344 g/mol. The van der Waals surface area contributed by atoms with E-state index in [2.05, 4.69) is 12.2 Å². The molecule has 6 heteroatoms. The normalized spacial score (nSPS) is 10.1. The standard InChI is InChI=1S/C17H28N2O3.ClH/c1-4-5-6-7-13-21-16-10-8-15(9-11-16)18-17(20)22-14-12-19(2)3;/h8-11H,4-7,12-14H2,1-3H3,(H,18,20);1H. The molecule has 0 fully saturated rings. The van der Waals surface area contributed by atoms with E-state index in [0.717, 1.165) is 25.3 Å². The zero-order valence-corrected chi connectivity index (χ0v) is 15.1. The van der Waals surface area contributed by atoms with Crippen molar-refractivity contribution >= 4 is 11.8 Å². The van der Waals surface area contributed by atoms with E-state index in [1.165, 1.54) is 24.2 Å². The summed E-state index contributed by atoms with van der Waals surface area (Å²) in [5.41, 5.74) is 0.709. The van der Waals surface area contributed by atoms with Crippen LogP contribution in [0.4, 0.5) is 10.5 Å². The van der Waals surface area contributed by atoms with Gasteiger partial charge in [0.1, 0.15) is 18.9 Å². The number of likely N-dealkylation sites (N-methyl/N-ethyl adjacent to an activating group) is 1. The Balaban J connectivity index is 0.00000484. The largest absolute Gasteiger partial charge is 1.00 e. The summed E-state index contributed by atoms with van der Waals surface area (Å²) in [6, 6.07) is 7.36. The van der Waals surface area contributed by atoms with Crippen LogP contribution >= 0.6 is 0 Å². The van der Waals surface area contributed by atoms with Crippen LogP contribution in [0.15, 0.2) is 24.3 Å². The molecule has 5 nitrogen and oxygen atoms in total. The molecule has 2 N–H and O–H groups in total. The summed E-state index contributed by atoms with van der Waals surface area (Å²) in [5, 5.41) is 2.70. The zero-order valence-electron chi connectivity index (χ0n) is 14.4. The first-order chi connectivity index (χ1) is 10.6. The highest BCUT2D eigenvalue weighted by Crippen LogP contribution is 2.16. The second-order valence-electron chi connectivity index (χ2n) is 5.65. The molecular weight excluding hydrogens is 316 g/mol. The molecule has 0 aliphatic carbocycles. The van der Waals surface area contributed by atoms with Crippen LogP contribution in [0, 0.1) is 0 Å². The number of carbonyl (C=O) groups is 1. The van der Waals surface area contributed by atoms with Crippen molar-refractivity contribution in [1.82, 2.24) is 0 Å². The number of carbonyl (C=O) groups excluding carboxylic acids is 1. The van der Waals surface area contributed by atoms with Crippen LogP contribution in [-0.2, 0) is 4.74 Å². The first-order valence-electron chi connectivity index (χ1n) is 8.07. The van der Waals surface area contributed by atoms with E-state index in [1.54, 1.807) is 0 Å². The molecule has 0 aromatic heterocycles. The van der Waals surface area contributed by atoms with Gasteiger partial charge in [-0.1, -0.05) is 26.2 Å². The van der Waals surface area contributed by atoms with Gasteiger partial charge in [-0.3, -0.25) is 5.32 Å². The zero-order chi connectivity index (χ0) is 16.2. The third kappa shape index (κ3) is 10.8. The van der Waals surface area contributed by atoms with Crippen LogP contribution in [0.25, 0.3) is 0 Å². The summed E-state index contributed by atoms with van der Waals surface area (Å²) in [5.74, 6) is 0.826. The van der Waals surface area contributed by atoms with Gasteiger partial charge >= 0.3 is 6.09 Å². The first kappa shape index (κ1) is 21.5. The predicted molar refractivity (Wildman–Crippen MR) is 88.7 cm³/mol. The molecule has 0 spiro atoms. The van der Waals surface area contributed by atoms with Crippen molar-refractivity contribution in [2.75, 3.05) is 39.2 Å². The highest BCUT2D eigenvalue weighted by Gasteiger charge is 2.04. The maximum absolute atomic E-state index is 11.6. The minimum absolute atomic E-state index is 0. The second-order valence-corrected chi connectivity index (χ2v) is 5.65. The maximum Gasteiger partial charge on any atom is 0.411 e. The SMILES string of the molecule is CCCCCCOc1ccc(NC(=O)OCC[NH+](C)C)cc1.[Cl-]. The summed E-state index contributed by atoms with van der Waals surface area (Å²) in [6.45, 7) is 4.13. The van der Waals surface area contributed by atoms with Crippen molar-refractivity contribution in [1.29, 1.82) is 0 Å². The lowest BCUT2D eigenvalue weighted by molar-refractivity contribution is -0.858. The van der Waals surface area contributed by atoms with E-state index >= 15 is 0 Å². The number of hydrogen-bond donors (Lipinski definition) is 2. The van der Waals surface area contributed by atoms with Crippen LogP contribution in [0.5, 0.6) is 5.75 Å². The molecule has 0 radical (unpaired) electrons. The fourth-order valence-corrected chi connectivity index (χ4v) is 1.86. The Morgan fingerprint density at radius 3 is 2.39 bits per heavy atom. The third-order valence-electron chi connectivity index (χ3n) is 3.20. The number of hydrogen-bond acceptors (Lipinski definition) is 3. The van der Waals surface area contributed by atoms with Gasteiger partial charge in [0, 0.05) is 5.69 Å². The van der Waals surface area contributed by atoms with Crippen molar-refractivity contribution in [2.45, 2.75) is 32.6 Å². The van der Waals surface area contributed by atoms with Crippen LogP contribution in [0.3, 0.4) is 0 Å². The summed E-state index contributed by atoms with van der Waals surface area (Å²) in [6.07, 6.45) is 4.34. The van der Waals surface area contributed by atoms with Gasteiger partial charge in [-0.15, -0.1) is 0 Å². The van der Waals surface area contributed by atoms with Gasteiger partial charge in [-0.2, -0.15) is 0 Å². The fourth-order valence-electron chi connectivity index (χ4n) is 1.86. The number of rotatable bonds is 10. The summed E-state index contributed by atoms with van der Waals surface area (Å²) in [4.78, 5) is 12.8. The van der Waals surface area contributed by atoms with Crippen molar-refractivity contribution in [3.8, 4) is 5.75 Å². The minimum atomic E-state index is -0.422. The fraction of sp³-hybridized carbons (Fsp3) is 0.588. The molecule has 0 saturated heterocycles. The third-order valence-corrected chi connectivity index (χ3v) is 3.20. The average Bonchev–Trinajstić information content (AvgIpc) is 2.48. The minimum Gasteiger partial charge on any atom is -1.00 e.